The summed E-state index contributed by atoms with van der Waals surface area (Å²) in [6, 6.07) is 9.46. The summed E-state index contributed by atoms with van der Waals surface area (Å²) in [5, 5.41) is 3.97. The van der Waals surface area contributed by atoms with Gasteiger partial charge in [0.05, 0.1) is 10.1 Å². The number of esters is 1. The Kier molecular flexibility index (Phi) is 6.45. The number of rotatable bonds is 6. The van der Waals surface area contributed by atoms with Gasteiger partial charge in [-0.3, -0.25) is 4.79 Å². The Balaban J connectivity index is 1.49. The van der Waals surface area contributed by atoms with Crippen LogP contribution < -0.4 is 0 Å². The Morgan fingerprint density at radius 1 is 1.16 bits per heavy atom. The molecule has 0 spiro atoms. The Bertz CT molecular complexity index is 710. The molecule has 1 saturated heterocycles. The van der Waals surface area contributed by atoms with Crippen LogP contribution in [0.1, 0.15) is 26.1 Å². The second-order valence-electron chi connectivity index (χ2n) is 5.65. The van der Waals surface area contributed by atoms with Gasteiger partial charge in [0, 0.05) is 25.1 Å². The second-order valence-corrected chi connectivity index (χ2v) is 9.16. The largest absolute Gasteiger partial charge is 0.452 e. The number of nitrogens with zero attached hydrogens (tertiary/aromatic N) is 1. The predicted molar refractivity (Wildman–Crippen MR) is 105 cm³/mol. The van der Waals surface area contributed by atoms with Crippen LogP contribution >= 0.6 is 34.9 Å². The summed E-state index contributed by atoms with van der Waals surface area (Å²) < 4.78 is 5.61. The number of benzene rings is 1. The van der Waals surface area contributed by atoms with Gasteiger partial charge >= 0.3 is 5.97 Å². The molecule has 1 amide bonds. The van der Waals surface area contributed by atoms with Crippen molar-refractivity contribution in [2.75, 3.05) is 25.2 Å². The molecule has 0 unspecified atom stereocenters. The summed E-state index contributed by atoms with van der Waals surface area (Å²) in [5.74, 6) is 1.66. The van der Waals surface area contributed by atoms with Gasteiger partial charge in [-0.1, -0.05) is 12.1 Å². The van der Waals surface area contributed by atoms with E-state index in [0.29, 0.717) is 16.7 Å². The summed E-state index contributed by atoms with van der Waals surface area (Å²) in [6.45, 7) is 0.279. The number of likely N-dealkylation sites (N-methyl/N-ethyl adjacent to an activating group) is 1. The first-order valence-electron chi connectivity index (χ1n) is 7.89. The summed E-state index contributed by atoms with van der Waals surface area (Å²) in [6.07, 6.45) is 0. The Morgan fingerprint density at radius 3 is 2.52 bits per heavy atom. The fourth-order valence-corrected chi connectivity index (χ4v) is 5.91. The Morgan fingerprint density at radius 2 is 1.88 bits per heavy atom. The summed E-state index contributed by atoms with van der Waals surface area (Å²) in [5.41, 5.74) is 2.77. The van der Waals surface area contributed by atoms with Crippen molar-refractivity contribution in [2.24, 2.45) is 0 Å². The maximum absolute atomic E-state index is 12.1. The maximum atomic E-state index is 12.1. The highest BCUT2D eigenvalue weighted by Crippen LogP contribution is 2.45. The number of thioether (sulfide) groups is 2. The quantitative estimate of drug-likeness (QED) is 0.693. The molecule has 4 nitrogen and oxygen atoms in total. The van der Waals surface area contributed by atoms with E-state index in [1.54, 1.807) is 35.4 Å². The van der Waals surface area contributed by atoms with Gasteiger partial charge in [-0.05, 0) is 40.1 Å². The number of thiophene rings is 1. The van der Waals surface area contributed by atoms with E-state index in [0.717, 1.165) is 5.56 Å². The van der Waals surface area contributed by atoms with E-state index in [2.05, 4.69) is 0 Å². The fourth-order valence-electron chi connectivity index (χ4n) is 2.39. The molecule has 3 rings (SSSR count). The van der Waals surface area contributed by atoms with E-state index in [4.69, 9.17) is 4.74 Å². The van der Waals surface area contributed by atoms with E-state index in [1.165, 1.54) is 17.1 Å². The number of carbonyl (C=O) groups is 2. The van der Waals surface area contributed by atoms with Gasteiger partial charge in [0.1, 0.15) is 0 Å². The number of amides is 1. The van der Waals surface area contributed by atoms with Crippen LogP contribution in [-0.4, -0.2) is 41.9 Å². The second kappa shape index (κ2) is 8.78. The van der Waals surface area contributed by atoms with Crippen molar-refractivity contribution in [3.8, 4) is 0 Å². The van der Waals surface area contributed by atoms with E-state index < -0.39 is 5.97 Å². The molecular weight excluding hydrogens is 374 g/mol. The van der Waals surface area contributed by atoms with Gasteiger partial charge in [0.15, 0.2) is 6.61 Å². The molecule has 1 aliphatic heterocycles. The average molecular weight is 394 g/mol. The first-order chi connectivity index (χ1) is 12.1. The lowest BCUT2D eigenvalue weighted by molar-refractivity contribution is -0.133. The van der Waals surface area contributed by atoms with Crippen molar-refractivity contribution in [1.82, 2.24) is 4.90 Å². The highest BCUT2D eigenvalue weighted by atomic mass is 32.2. The molecule has 25 heavy (non-hydrogen) atoms. The topological polar surface area (TPSA) is 46.6 Å². The number of hydrogen-bond acceptors (Lipinski definition) is 6. The van der Waals surface area contributed by atoms with E-state index in [9.17, 15) is 9.59 Å². The molecule has 0 saturated carbocycles. The van der Waals surface area contributed by atoms with Gasteiger partial charge in [-0.25, -0.2) is 4.79 Å². The van der Waals surface area contributed by atoms with E-state index in [1.807, 2.05) is 52.5 Å². The summed E-state index contributed by atoms with van der Waals surface area (Å²) in [4.78, 5) is 25.8. The summed E-state index contributed by atoms with van der Waals surface area (Å²) >= 11 is 5.44. The molecule has 1 aromatic carbocycles. The predicted octanol–water partition coefficient (Wildman–Crippen LogP) is 4.04. The van der Waals surface area contributed by atoms with Crippen LogP contribution in [-0.2, 0) is 16.1 Å². The molecule has 0 aliphatic carbocycles. The number of hydrogen-bond donors (Lipinski definition) is 0. The molecule has 132 valence electrons. The van der Waals surface area contributed by atoms with Gasteiger partial charge in [0.25, 0.3) is 5.91 Å². The fraction of sp³-hybridized carbons (Fsp3) is 0.333. The van der Waals surface area contributed by atoms with Crippen LogP contribution in [0.5, 0.6) is 0 Å². The van der Waals surface area contributed by atoms with Crippen LogP contribution in [0.4, 0.5) is 0 Å². The lowest BCUT2D eigenvalue weighted by Gasteiger charge is -2.16. The molecule has 0 radical (unpaired) electrons. The van der Waals surface area contributed by atoms with Crippen LogP contribution in [0.2, 0.25) is 0 Å². The molecule has 7 heteroatoms. The minimum atomic E-state index is -0.462. The van der Waals surface area contributed by atoms with Crippen molar-refractivity contribution < 1.29 is 14.3 Å². The van der Waals surface area contributed by atoms with Gasteiger partial charge in [0.2, 0.25) is 0 Å². The van der Waals surface area contributed by atoms with Crippen molar-refractivity contribution in [3.05, 3.63) is 57.8 Å². The lowest BCUT2D eigenvalue weighted by Crippen LogP contribution is -2.30. The standard InChI is InChI=1S/C18H19NO3S3/c1-19(10-13-6-7-23-12-13)16(20)11-22-17(21)14-2-4-15(5-3-14)18-24-8-9-25-18/h2-7,12,18H,8-11H2,1H3. The van der Waals surface area contributed by atoms with Crippen LogP contribution in [0.3, 0.4) is 0 Å². The Labute approximate surface area is 159 Å². The molecule has 1 aromatic heterocycles. The van der Waals surface area contributed by atoms with Crippen molar-refractivity contribution in [3.63, 3.8) is 0 Å². The molecule has 0 N–H and O–H groups in total. The molecule has 0 bridgehead atoms. The minimum absolute atomic E-state index is 0.213. The zero-order valence-corrected chi connectivity index (χ0v) is 16.3. The molecule has 1 aliphatic rings. The normalized spacial score (nSPS) is 14.4. The van der Waals surface area contributed by atoms with E-state index in [-0.39, 0.29) is 12.5 Å². The third kappa shape index (κ3) is 5.03. The van der Waals surface area contributed by atoms with Gasteiger partial charge in [-0.2, -0.15) is 11.3 Å². The minimum Gasteiger partial charge on any atom is -0.452 e. The number of ether oxygens (including phenoxy) is 1. The third-order valence-corrected chi connectivity index (χ3v) is 7.63. The summed E-state index contributed by atoms with van der Waals surface area (Å²) in [7, 11) is 1.71. The first-order valence-corrected chi connectivity index (χ1v) is 10.9. The highest BCUT2D eigenvalue weighted by molar-refractivity contribution is 8.19. The smallest absolute Gasteiger partial charge is 0.338 e. The van der Waals surface area contributed by atoms with Gasteiger partial charge < -0.3 is 9.64 Å². The van der Waals surface area contributed by atoms with Crippen molar-refractivity contribution >= 4 is 46.7 Å². The molecule has 0 atom stereocenters. The average Bonchev–Trinajstić information content (AvgIpc) is 3.33. The first kappa shape index (κ1) is 18.4. The molecule has 1 fully saturated rings. The SMILES string of the molecule is CN(Cc1ccsc1)C(=O)COC(=O)c1ccc(C2SCCS2)cc1. The number of carbonyl (C=O) groups excluding carboxylic acids is 2. The molecule has 2 aromatic rings. The maximum Gasteiger partial charge on any atom is 0.338 e. The zero-order valence-electron chi connectivity index (χ0n) is 13.8. The van der Waals surface area contributed by atoms with Crippen LogP contribution in [0, 0.1) is 0 Å². The Hall–Kier alpha value is -1.44. The zero-order chi connectivity index (χ0) is 17.6. The molecule has 2 heterocycles. The van der Waals surface area contributed by atoms with Crippen LogP contribution in [0.15, 0.2) is 41.1 Å². The highest BCUT2D eigenvalue weighted by Gasteiger charge is 2.19. The third-order valence-electron chi connectivity index (χ3n) is 3.79. The van der Waals surface area contributed by atoms with Crippen LogP contribution in [0.25, 0.3) is 0 Å². The molecular formula is C18H19NO3S3. The van der Waals surface area contributed by atoms with Gasteiger partial charge in [-0.15, -0.1) is 23.5 Å². The lowest BCUT2D eigenvalue weighted by atomic mass is 10.1. The van der Waals surface area contributed by atoms with Crippen molar-refractivity contribution in [2.45, 2.75) is 11.1 Å². The van der Waals surface area contributed by atoms with E-state index >= 15 is 0 Å². The van der Waals surface area contributed by atoms with Crippen molar-refractivity contribution in [1.29, 1.82) is 0 Å². The monoisotopic (exact) mass is 393 g/mol.